The van der Waals surface area contributed by atoms with E-state index >= 15 is 0 Å². The number of rotatable bonds is 7. The number of hydrogen-bond donors (Lipinski definition) is 0. The molecule has 0 bridgehead atoms. The summed E-state index contributed by atoms with van der Waals surface area (Å²) in [5, 5.41) is 3.97. The van der Waals surface area contributed by atoms with Crippen molar-refractivity contribution in [2.24, 2.45) is 0 Å². The molecule has 2 aromatic carbocycles. The van der Waals surface area contributed by atoms with Crippen LogP contribution >= 0.6 is 11.8 Å². The molecule has 1 amide bonds. The summed E-state index contributed by atoms with van der Waals surface area (Å²) in [6, 6.07) is 13.3. The Morgan fingerprint density at radius 1 is 1.10 bits per heavy atom. The number of carbonyl (C=O) groups is 1. The van der Waals surface area contributed by atoms with Crippen LogP contribution in [0, 0.1) is 0 Å². The van der Waals surface area contributed by atoms with E-state index in [1.165, 1.54) is 0 Å². The van der Waals surface area contributed by atoms with Crippen molar-refractivity contribution in [2.45, 2.75) is 24.5 Å². The molecule has 1 aliphatic rings. The Bertz CT molecular complexity index is 1080. The van der Waals surface area contributed by atoms with Crippen molar-refractivity contribution in [3.8, 4) is 17.2 Å². The molecule has 0 saturated heterocycles. The first-order chi connectivity index (χ1) is 15.1. The molecule has 0 fully saturated rings. The second-order valence-corrected chi connectivity index (χ2v) is 7.92. The maximum atomic E-state index is 13.0. The highest BCUT2D eigenvalue weighted by atomic mass is 32.2. The molecule has 0 spiro atoms. The number of benzene rings is 2. The number of methoxy groups -OCH3 is 2. The van der Waals surface area contributed by atoms with Crippen molar-refractivity contribution in [2.75, 3.05) is 27.0 Å². The topological polar surface area (TPSA) is 74.0 Å². The fraction of sp³-hybridized carbons (Fsp3) is 0.304. The minimum absolute atomic E-state index is 0.167. The minimum atomic E-state index is -0.167. The molecule has 0 radical (unpaired) electrons. The molecular formula is C23H24N2O5S. The number of carbonyl (C=O) groups excluding carboxylic acids is 1. The zero-order valence-electron chi connectivity index (χ0n) is 17.7. The number of aromatic nitrogens is 1. The van der Waals surface area contributed by atoms with E-state index in [-0.39, 0.29) is 18.2 Å². The average molecular weight is 441 g/mol. The lowest BCUT2D eigenvalue weighted by Crippen LogP contribution is -2.36. The molecule has 2 heterocycles. The molecule has 0 N–H and O–H groups in total. The van der Waals surface area contributed by atoms with E-state index in [2.05, 4.69) is 5.16 Å². The van der Waals surface area contributed by atoms with Crippen LogP contribution in [-0.4, -0.2) is 43.0 Å². The highest BCUT2D eigenvalue weighted by molar-refractivity contribution is 7.98. The van der Waals surface area contributed by atoms with E-state index in [4.69, 9.17) is 18.7 Å². The van der Waals surface area contributed by atoms with Crippen molar-refractivity contribution >= 4 is 17.7 Å². The molecule has 0 unspecified atom stereocenters. The van der Waals surface area contributed by atoms with Gasteiger partial charge in [-0.3, -0.25) is 4.79 Å². The maximum Gasteiger partial charge on any atom is 0.276 e. The number of hydrogen-bond acceptors (Lipinski definition) is 7. The summed E-state index contributed by atoms with van der Waals surface area (Å²) in [5.41, 5.74) is 2.47. The smallest absolute Gasteiger partial charge is 0.276 e. The van der Waals surface area contributed by atoms with Gasteiger partial charge in [-0.05, 0) is 48.1 Å². The number of fused-ring (bicyclic) bond motifs is 1. The summed E-state index contributed by atoms with van der Waals surface area (Å²) in [7, 11) is 3.22. The van der Waals surface area contributed by atoms with Crippen LogP contribution in [0.4, 0.5) is 0 Å². The largest absolute Gasteiger partial charge is 0.493 e. The Morgan fingerprint density at radius 2 is 1.84 bits per heavy atom. The molecule has 3 aromatic rings. The van der Waals surface area contributed by atoms with Crippen molar-refractivity contribution < 1.29 is 23.5 Å². The van der Waals surface area contributed by atoms with E-state index in [0.717, 1.165) is 28.2 Å². The standard InChI is InChI=1S/C23H24N2O5S/c1-27-20-10-15-8-9-25(13-16(15)11-21(20)28-2)23(26)18-12-17(30-24-18)14-29-19-6-4-5-7-22(19)31-3/h4-7,10-12H,8-9,13-14H2,1-3H3. The van der Waals surface area contributed by atoms with Gasteiger partial charge in [0.2, 0.25) is 0 Å². The van der Waals surface area contributed by atoms with Gasteiger partial charge in [0, 0.05) is 24.1 Å². The first-order valence-corrected chi connectivity index (χ1v) is 11.1. The number of para-hydroxylation sites is 1. The molecule has 31 heavy (non-hydrogen) atoms. The minimum Gasteiger partial charge on any atom is -0.493 e. The van der Waals surface area contributed by atoms with Crippen molar-refractivity contribution in [3.05, 3.63) is 65.0 Å². The third kappa shape index (κ3) is 4.49. The first kappa shape index (κ1) is 21.1. The van der Waals surface area contributed by atoms with Crippen molar-refractivity contribution in [3.63, 3.8) is 0 Å². The summed E-state index contributed by atoms with van der Waals surface area (Å²) < 4.78 is 22.0. The molecule has 4 rings (SSSR count). The number of amides is 1. The predicted molar refractivity (Wildman–Crippen MR) is 117 cm³/mol. The molecule has 8 heteroatoms. The highest BCUT2D eigenvalue weighted by Gasteiger charge is 2.26. The van der Waals surface area contributed by atoms with Gasteiger partial charge in [-0.2, -0.15) is 0 Å². The second-order valence-electron chi connectivity index (χ2n) is 7.07. The zero-order valence-corrected chi connectivity index (χ0v) is 18.5. The van der Waals surface area contributed by atoms with Crippen molar-refractivity contribution in [1.29, 1.82) is 0 Å². The lowest BCUT2D eigenvalue weighted by molar-refractivity contribution is 0.0723. The molecular weight excluding hydrogens is 416 g/mol. The Hall–Kier alpha value is -3.13. The van der Waals surface area contributed by atoms with Gasteiger partial charge >= 0.3 is 0 Å². The summed E-state index contributed by atoms with van der Waals surface area (Å²) in [6.07, 6.45) is 2.73. The molecule has 1 aliphatic heterocycles. The maximum absolute atomic E-state index is 13.0. The van der Waals surface area contributed by atoms with Gasteiger partial charge in [-0.1, -0.05) is 17.3 Å². The zero-order chi connectivity index (χ0) is 21.8. The van der Waals surface area contributed by atoms with Gasteiger partial charge in [0.05, 0.1) is 14.2 Å². The van der Waals surface area contributed by atoms with Crippen LogP contribution in [0.2, 0.25) is 0 Å². The van der Waals surface area contributed by atoms with Gasteiger partial charge in [0.15, 0.2) is 23.0 Å². The van der Waals surface area contributed by atoms with Gasteiger partial charge in [-0.15, -0.1) is 11.8 Å². The lowest BCUT2D eigenvalue weighted by atomic mass is 9.98. The lowest BCUT2D eigenvalue weighted by Gasteiger charge is -2.29. The van der Waals surface area contributed by atoms with E-state index in [9.17, 15) is 4.79 Å². The molecule has 162 valence electrons. The van der Waals surface area contributed by atoms with Gasteiger partial charge in [0.1, 0.15) is 12.4 Å². The number of nitrogens with zero attached hydrogens (tertiary/aromatic N) is 2. The summed E-state index contributed by atoms with van der Waals surface area (Å²) >= 11 is 1.61. The monoisotopic (exact) mass is 440 g/mol. The first-order valence-electron chi connectivity index (χ1n) is 9.87. The van der Waals surface area contributed by atoms with Crippen LogP contribution < -0.4 is 14.2 Å². The van der Waals surface area contributed by atoms with Crippen LogP contribution in [0.25, 0.3) is 0 Å². The SMILES string of the molecule is COc1cc2c(cc1OC)CN(C(=O)c1cc(COc3ccccc3SC)on1)CC2. The Morgan fingerprint density at radius 3 is 2.58 bits per heavy atom. The molecule has 0 aliphatic carbocycles. The third-order valence-corrected chi connectivity index (χ3v) is 6.00. The van der Waals surface area contributed by atoms with Gasteiger partial charge < -0.3 is 23.6 Å². The normalized spacial score (nSPS) is 12.9. The van der Waals surface area contributed by atoms with E-state index in [1.54, 1.807) is 36.9 Å². The van der Waals surface area contributed by atoms with Crippen LogP contribution in [0.1, 0.15) is 27.4 Å². The van der Waals surface area contributed by atoms with E-state index in [1.807, 2.05) is 42.7 Å². The Kier molecular flexibility index (Phi) is 6.36. The Labute approximate surface area is 185 Å². The number of ether oxygens (including phenoxy) is 3. The summed E-state index contributed by atoms with van der Waals surface area (Å²) in [5.74, 6) is 2.46. The molecule has 1 aromatic heterocycles. The fourth-order valence-electron chi connectivity index (χ4n) is 3.59. The summed E-state index contributed by atoms with van der Waals surface area (Å²) in [4.78, 5) is 15.8. The van der Waals surface area contributed by atoms with Gasteiger partial charge in [-0.25, -0.2) is 0 Å². The van der Waals surface area contributed by atoms with E-state index in [0.29, 0.717) is 30.3 Å². The molecule has 0 saturated carbocycles. The quantitative estimate of drug-likeness (QED) is 0.510. The van der Waals surface area contributed by atoms with Gasteiger partial charge in [0.25, 0.3) is 5.91 Å². The van der Waals surface area contributed by atoms with Crippen LogP contribution in [0.3, 0.4) is 0 Å². The Balaban J connectivity index is 1.43. The van der Waals surface area contributed by atoms with Crippen molar-refractivity contribution in [1.82, 2.24) is 10.1 Å². The molecule has 0 atom stereocenters. The summed E-state index contributed by atoms with van der Waals surface area (Å²) in [6.45, 7) is 1.28. The predicted octanol–water partition coefficient (Wildman–Crippen LogP) is 4.19. The number of thioether (sulfide) groups is 1. The third-order valence-electron chi connectivity index (χ3n) is 5.22. The van der Waals surface area contributed by atoms with Crippen LogP contribution in [0.5, 0.6) is 17.2 Å². The van der Waals surface area contributed by atoms with Crippen LogP contribution in [-0.2, 0) is 19.6 Å². The average Bonchev–Trinajstić information content (AvgIpc) is 3.30. The fourth-order valence-corrected chi connectivity index (χ4v) is 4.13. The molecule has 7 nitrogen and oxygen atoms in total. The van der Waals surface area contributed by atoms with E-state index < -0.39 is 0 Å². The van der Waals surface area contributed by atoms with Crippen LogP contribution in [0.15, 0.2) is 51.9 Å². The second kappa shape index (κ2) is 9.34. The highest BCUT2D eigenvalue weighted by Crippen LogP contribution is 2.33.